The first-order chi connectivity index (χ1) is 6.77. The second kappa shape index (κ2) is 6.38. The summed E-state index contributed by atoms with van der Waals surface area (Å²) >= 11 is 0. The summed E-state index contributed by atoms with van der Waals surface area (Å²) in [5.41, 5.74) is 3.41. The Balaban J connectivity index is 2.21. The smallest absolute Gasteiger partial charge is 0.0395 e. The summed E-state index contributed by atoms with van der Waals surface area (Å²) in [5.74, 6) is 0. The molecule has 1 saturated heterocycles. The van der Waals surface area contributed by atoms with Crippen LogP contribution in [0.3, 0.4) is 0 Å². The lowest BCUT2D eigenvalue weighted by atomic mass is 10.1. The van der Waals surface area contributed by atoms with Gasteiger partial charge in [-0.15, -0.1) is 0 Å². The van der Waals surface area contributed by atoms with Crippen molar-refractivity contribution in [2.75, 3.05) is 20.1 Å². The van der Waals surface area contributed by atoms with E-state index in [0.29, 0.717) is 6.04 Å². The average molecular weight is 199 g/mol. The van der Waals surface area contributed by atoms with Crippen molar-refractivity contribution in [1.82, 2.24) is 15.6 Å². The van der Waals surface area contributed by atoms with Crippen molar-refractivity contribution < 1.29 is 0 Å². The molecule has 0 bridgehead atoms. The van der Waals surface area contributed by atoms with E-state index in [9.17, 15) is 0 Å². The van der Waals surface area contributed by atoms with Crippen molar-refractivity contribution in [1.29, 1.82) is 0 Å². The van der Waals surface area contributed by atoms with Gasteiger partial charge in [0.1, 0.15) is 0 Å². The van der Waals surface area contributed by atoms with Crippen molar-refractivity contribution >= 4 is 0 Å². The number of hydrazine groups is 2. The summed E-state index contributed by atoms with van der Waals surface area (Å²) in [6.07, 6.45) is 6.54. The molecule has 0 saturated carbocycles. The van der Waals surface area contributed by atoms with Gasteiger partial charge in [-0.25, -0.2) is 10.0 Å². The quantitative estimate of drug-likeness (QED) is 0.706. The molecule has 0 aromatic carbocycles. The van der Waals surface area contributed by atoms with E-state index in [4.69, 9.17) is 0 Å². The third-order valence-corrected chi connectivity index (χ3v) is 2.95. The maximum absolute atomic E-state index is 3.41. The Hall–Kier alpha value is -0.120. The summed E-state index contributed by atoms with van der Waals surface area (Å²) in [4.78, 5) is 0. The lowest BCUT2D eigenvalue weighted by Gasteiger charge is -2.17. The van der Waals surface area contributed by atoms with E-state index in [-0.39, 0.29) is 0 Å². The van der Waals surface area contributed by atoms with E-state index in [1.807, 2.05) is 0 Å². The molecule has 0 amide bonds. The second-order valence-electron chi connectivity index (χ2n) is 4.31. The Labute approximate surface area is 88.4 Å². The number of rotatable bonds is 6. The summed E-state index contributed by atoms with van der Waals surface area (Å²) in [5, 5.41) is 4.62. The second-order valence-corrected chi connectivity index (χ2v) is 4.31. The van der Waals surface area contributed by atoms with Crippen LogP contribution in [-0.2, 0) is 0 Å². The summed E-state index contributed by atoms with van der Waals surface area (Å²) < 4.78 is 0. The van der Waals surface area contributed by atoms with Crippen molar-refractivity contribution in [2.24, 2.45) is 0 Å². The standard InChI is InChI=1S/C11H25N3/c1-4-6-8-11-10-14(9-7-5-2)12-13(11)3/h11-12H,4-10H2,1-3H3. The molecule has 1 heterocycles. The first-order valence-electron chi connectivity index (χ1n) is 6.02. The first kappa shape index (κ1) is 12.0. The molecular formula is C11H25N3. The van der Waals surface area contributed by atoms with E-state index in [1.165, 1.54) is 45.2 Å². The van der Waals surface area contributed by atoms with E-state index in [0.717, 1.165) is 0 Å². The van der Waals surface area contributed by atoms with Gasteiger partial charge in [0.05, 0.1) is 0 Å². The fourth-order valence-electron chi connectivity index (χ4n) is 1.94. The van der Waals surface area contributed by atoms with Gasteiger partial charge in [0, 0.05) is 26.2 Å². The molecule has 1 aliphatic heterocycles. The molecule has 1 aliphatic rings. The van der Waals surface area contributed by atoms with E-state index >= 15 is 0 Å². The Morgan fingerprint density at radius 1 is 1.21 bits per heavy atom. The molecule has 0 radical (unpaired) electrons. The highest BCUT2D eigenvalue weighted by atomic mass is 15.8. The van der Waals surface area contributed by atoms with Crippen LogP contribution in [0, 0.1) is 0 Å². The number of hydrogen-bond donors (Lipinski definition) is 1. The third-order valence-electron chi connectivity index (χ3n) is 2.95. The van der Waals surface area contributed by atoms with Gasteiger partial charge in [-0.1, -0.05) is 33.1 Å². The molecule has 3 heteroatoms. The fraction of sp³-hybridized carbons (Fsp3) is 1.00. The van der Waals surface area contributed by atoms with Gasteiger partial charge < -0.3 is 0 Å². The molecule has 0 spiro atoms. The molecule has 3 nitrogen and oxygen atoms in total. The Kier molecular flexibility index (Phi) is 5.45. The minimum Gasteiger partial charge on any atom is -0.229 e. The number of nitrogens with zero attached hydrogens (tertiary/aromatic N) is 2. The molecule has 1 fully saturated rings. The van der Waals surface area contributed by atoms with Gasteiger partial charge in [-0.05, 0) is 12.8 Å². The highest BCUT2D eigenvalue weighted by molar-refractivity contribution is 4.75. The lowest BCUT2D eigenvalue weighted by Crippen LogP contribution is -2.38. The van der Waals surface area contributed by atoms with Crippen LogP contribution in [0.5, 0.6) is 0 Å². The van der Waals surface area contributed by atoms with Gasteiger partial charge >= 0.3 is 0 Å². The van der Waals surface area contributed by atoms with Gasteiger partial charge in [-0.3, -0.25) is 0 Å². The normalized spacial score (nSPS) is 24.6. The van der Waals surface area contributed by atoms with Crippen molar-refractivity contribution in [3.63, 3.8) is 0 Å². The zero-order valence-electron chi connectivity index (χ0n) is 9.92. The first-order valence-corrected chi connectivity index (χ1v) is 6.02. The molecule has 14 heavy (non-hydrogen) atoms. The summed E-state index contributed by atoms with van der Waals surface area (Å²) in [7, 11) is 2.16. The summed E-state index contributed by atoms with van der Waals surface area (Å²) in [6, 6.07) is 0.715. The maximum atomic E-state index is 3.41. The van der Waals surface area contributed by atoms with Crippen molar-refractivity contribution in [3.8, 4) is 0 Å². The van der Waals surface area contributed by atoms with Gasteiger partial charge in [0.15, 0.2) is 0 Å². The third kappa shape index (κ3) is 3.56. The Morgan fingerprint density at radius 2 is 1.93 bits per heavy atom. The van der Waals surface area contributed by atoms with Crippen LogP contribution < -0.4 is 5.53 Å². The zero-order valence-corrected chi connectivity index (χ0v) is 9.92. The number of nitrogens with one attached hydrogen (secondary N) is 1. The molecule has 1 unspecified atom stereocenters. The average Bonchev–Trinajstić information content (AvgIpc) is 2.53. The van der Waals surface area contributed by atoms with E-state index in [2.05, 4.69) is 36.4 Å². The maximum Gasteiger partial charge on any atom is 0.0395 e. The minimum absolute atomic E-state index is 0.715. The highest BCUT2D eigenvalue weighted by Gasteiger charge is 2.25. The molecule has 0 aromatic heterocycles. The Bertz CT molecular complexity index is 149. The Morgan fingerprint density at radius 3 is 2.57 bits per heavy atom. The lowest BCUT2D eigenvalue weighted by molar-refractivity contribution is 0.128. The highest BCUT2D eigenvalue weighted by Crippen LogP contribution is 2.12. The number of likely N-dealkylation sites (N-methyl/N-ethyl adjacent to an activating group) is 1. The monoisotopic (exact) mass is 199 g/mol. The van der Waals surface area contributed by atoms with Gasteiger partial charge in [0.2, 0.25) is 0 Å². The van der Waals surface area contributed by atoms with Crippen LogP contribution in [0.15, 0.2) is 0 Å². The van der Waals surface area contributed by atoms with Gasteiger partial charge in [0.25, 0.3) is 0 Å². The predicted octanol–water partition coefficient (Wildman–Crippen LogP) is 2.01. The molecule has 1 rings (SSSR count). The summed E-state index contributed by atoms with van der Waals surface area (Å²) in [6.45, 7) is 6.88. The zero-order chi connectivity index (χ0) is 10.4. The molecular weight excluding hydrogens is 174 g/mol. The van der Waals surface area contributed by atoms with E-state index < -0.39 is 0 Å². The van der Waals surface area contributed by atoms with Crippen LogP contribution in [-0.4, -0.2) is 36.2 Å². The molecule has 1 N–H and O–H groups in total. The van der Waals surface area contributed by atoms with Gasteiger partial charge in [-0.2, -0.15) is 5.53 Å². The molecule has 0 aliphatic carbocycles. The van der Waals surface area contributed by atoms with Crippen LogP contribution in [0.25, 0.3) is 0 Å². The van der Waals surface area contributed by atoms with Crippen LogP contribution in [0.4, 0.5) is 0 Å². The topological polar surface area (TPSA) is 18.5 Å². The fourth-order valence-corrected chi connectivity index (χ4v) is 1.94. The number of hydrogen-bond acceptors (Lipinski definition) is 3. The van der Waals surface area contributed by atoms with Crippen molar-refractivity contribution in [3.05, 3.63) is 0 Å². The van der Waals surface area contributed by atoms with Crippen molar-refractivity contribution in [2.45, 2.75) is 52.0 Å². The number of unbranched alkanes of at least 4 members (excludes halogenated alkanes) is 2. The predicted molar refractivity (Wildman–Crippen MR) is 60.7 cm³/mol. The minimum atomic E-state index is 0.715. The molecule has 84 valence electrons. The largest absolute Gasteiger partial charge is 0.229 e. The van der Waals surface area contributed by atoms with Crippen LogP contribution >= 0.6 is 0 Å². The van der Waals surface area contributed by atoms with E-state index in [1.54, 1.807) is 0 Å². The molecule has 1 atom stereocenters. The van der Waals surface area contributed by atoms with Crippen LogP contribution in [0.2, 0.25) is 0 Å². The molecule has 0 aromatic rings. The van der Waals surface area contributed by atoms with Crippen LogP contribution in [0.1, 0.15) is 46.0 Å². The SMILES string of the molecule is CCCCC1CN(CCCC)NN1C.